The molecule has 0 unspecified atom stereocenters. The molecule has 0 aliphatic heterocycles. The van der Waals surface area contributed by atoms with Gasteiger partial charge in [0.1, 0.15) is 5.82 Å². The first-order valence-electron chi connectivity index (χ1n) is 9.28. The third-order valence-corrected chi connectivity index (χ3v) is 5.38. The van der Waals surface area contributed by atoms with Crippen molar-refractivity contribution >= 4 is 40.0 Å². The number of sulfonamides is 1. The van der Waals surface area contributed by atoms with Gasteiger partial charge in [-0.1, -0.05) is 24.3 Å². The van der Waals surface area contributed by atoms with E-state index in [0.29, 0.717) is 32.2 Å². The number of benzene rings is 2. The molecule has 0 amide bonds. The van der Waals surface area contributed by atoms with E-state index >= 15 is 0 Å². The Hall–Kier alpha value is -1.76. The molecule has 3 N–H and O–H groups in total. The van der Waals surface area contributed by atoms with Crippen LogP contribution in [-0.2, 0) is 27.8 Å². The second kappa shape index (κ2) is 13.5. The second-order valence-electron chi connectivity index (χ2n) is 6.22. The quantitative estimate of drug-likeness (QED) is 0.183. The number of hydrogen-bond acceptors (Lipinski definition) is 4. The lowest BCUT2D eigenvalue weighted by Gasteiger charge is -2.12. The Labute approximate surface area is 194 Å². The number of hydrogen-bond donors (Lipinski definition) is 3. The van der Waals surface area contributed by atoms with Crippen molar-refractivity contribution in [3.63, 3.8) is 0 Å². The third kappa shape index (κ3) is 8.94. The number of rotatable bonds is 10. The van der Waals surface area contributed by atoms with Gasteiger partial charge < -0.3 is 15.4 Å². The standard InChI is InChI=1S/C20H27FN4O3S.HI/c1-3-22-20(23-14-16-6-4-8-18(21)12-16)24-15-17-7-5-9-19(13-17)29(26,27)25-10-11-28-2;/h4-9,12-13,25H,3,10-11,14-15H2,1-2H3,(H2,22,23,24);1H. The van der Waals surface area contributed by atoms with Crippen LogP contribution in [0.1, 0.15) is 18.1 Å². The molecule has 166 valence electrons. The van der Waals surface area contributed by atoms with Crippen molar-refractivity contribution in [2.45, 2.75) is 24.9 Å². The summed E-state index contributed by atoms with van der Waals surface area (Å²) in [6.45, 7) is 3.82. The molecule has 0 aliphatic rings. The van der Waals surface area contributed by atoms with Crippen LogP contribution in [0, 0.1) is 5.82 Å². The first-order chi connectivity index (χ1) is 13.9. The van der Waals surface area contributed by atoms with Crippen LogP contribution < -0.4 is 15.4 Å². The van der Waals surface area contributed by atoms with Gasteiger partial charge >= 0.3 is 0 Å². The summed E-state index contributed by atoms with van der Waals surface area (Å²) in [5.41, 5.74) is 1.55. The fourth-order valence-electron chi connectivity index (χ4n) is 2.52. The highest BCUT2D eigenvalue weighted by Crippen LogP contribution is 2.11. The lowest BCUT2D eigenvalue weighted by molar-refractivity contribution is 0.204. The molecule has 0 saturated carbocycles. The first-order valence-corrected chi connectivity index (χ1v) is 10.8. The number of methoxy groups -OCH3 is 1. The minimum absolute atomic E-state index is 0. The zero-order valence-electron chi connectivity index (χ0n) is 17.0. The number of nitrogens with one attached hydrogen (secondary N) is 3. The molecule has 7 nitrogen and oxygen atoms in total. The molecular weight excluding hydrogens is 522 g/mol. The van der Waals surface area contributed by atoms with Crippen molar-refractivity contribution in [1.29, 1.82) is 0 Å². The van der Waals surface area contributed by atoms with Crippen LogP contribution >= 0.6 is 24.0 Å². The third-order valence-electron chi connectivity index (χ3n) is 3.92. The predicted octanol–water partition coefficient (Wildman–Crippen LogP) is 2.62. The van der Waals surface area contributed by atoms with E-state index in [1.165, 1.54) is 19.2 Å². The maximum atomic E-state index is 13.3. The van der Waals surface area contributed by atoms with Gasteiger partial charge in [0.15, 0.2) is 5.96 Å². The molecule has 0 spiro atoms. The van der Waals surface area contributed by atoms with Crippen molar-refractivity contribution in [3.05, 3.63) is 65.5 Å². The van der Waals surface area contributed by atoms with Crippen LogP contribution in [0.5, 0.6) is 0 Å². The Morgan fingerprint density at radius 3 is 2.53 bits per heavy atom. The molecule has 2 aromatic rings. The van der Waals surface area contributed by atoms with Gasteiger partial charge in [0, 0.05) is 26.7 Å². The molecule has 0 fully saturated rings. The molecule has 0 bridgehead atoms. The van der Waals surface area contributed by atoms with E-state index in [4.69, 9.17) is 4.74 Å². The van der Waals surface area contributed by atoms with E-state index < -0.39 is 10.0 Å². The predicted molar refractivity (Wildman–Crippen MR) is 127 cm³/mol. The van der Waals surface area contributed by atoms with E-state index in [-0.39, 0.29) is 41.2 Å². The van der Waals surface area contributed by atoms with E-state index in [2.05, 4.69) is 20.3 Å². The summed E-state index contributed by atoms with van der Waals surface area (Å²) in [6.07, 6.45) is 0. The molecule has 2 rings (SSSR count). The fraction of sp³-hybridized carbons (Fsp3) is 0.350. The van der Waals surface area contributed by atoms with Crippen LogP contribution in [0.15, 0.2) is 58.4 Å². The normalized spacial score (nSPS) is 11.6. The number of ether oxygens (including phenoxy) is 1. The Balaban J connectivity index is 0.00000450. The summed E-state index contributed by atoms with van der Waals surface area (Å²) in [6, 6.07) is 13.0. The molecule has 2 aromatic carbocycles. The van der Waals surface area contributed by atoms with Crippen LogP contribution in [0.3, 0.4) is 0 Å². The maximum Gasteiger partial charge on any atom is 0.240 e. The summed E-state index contributed by atoms with van der Waals surface area (Å²) in [4.78, 5) is 4.63. The molecule has 0 heterocycles. The highest BCUT2D eigenvalue weighted by atomic mass is 127. The average molecular weight is 550 g/mol. The topological polar surface area (TPSA) is 91.8 Å². The smallest absolute Gasteiger partial charge is 0.240 e. The van der Waals surface area contributed by atoms with Gasteiger partial charge in [-0.2, -0.15) is 0 Å². The molecule has 10 heteroatoms. The lowest BCUT2D eigenvalue weighted by Crippen LogP contribution is -2.36. The summed E-state index contributed by atoms with van der Waals surface area (Å²) in [5, 5.41) is 6.28. The highest BCUT2D eigenvalue weighted by molar-refractivity contribution is 14.0. The average Bonchev–Trinajstić information content (AvgIpc) is 2.70. The minimum atomic E-state index is -3.59. The van der Waals surface area contributed by atoms with Crippen LogP contribution in [0.4, 0.5) is 4.39 Å². The van der Waals surface area contributed by atoms with Crippen molar-refractivity contribution in [1.82, 2.24) is 15.4 Å². The van der Waals surface area contributed by atoms with Gasteiger partial charge in [0.2, 0.25) is 10.0 Å². The minimum Gasteiger partial charge on any atom is -0.383 e. The van der Waals surface area contributed by atoms with Gasteiger partial charge in [-0.25, -0.2) is 22.5 Å². The maximum absolute atomic E-state index is 13.3. The molecule has 0 radical (unpaired) electrons. The van der Waals surface area contributed by atoms with E-state index in [1.54, 1.807) is 30.3 Å². The van der Waals surface area contributed by atoms with E-state index in [0.717, 1.165) is 11.1 Å². The zero-order chi connectivity index (χ0) is 21.1. The largest absolute Gasteiger partial charge is 0.383 e. The van der Waals surface area contributed by atoms with Gasteiger partial charge in [-0.05, 0) is 42.3 Å². The Morgan fingerprint density at radius 1 is 1.10 bits per heavy atom. The van der Waals surface area contributed by atoms with Crippen molar-refractivity contribution < 1.29 is 17.5 Å². The monoisotopic (exact) mass is 550 g/mol. The lowest BCUT2D eigenvalue weighted by atomic mass is 10.2. The van der Waals surface area contributed by atoms with Crippen LogP contribution in [-0.4, -0.2) is 41.2 Å². The van der Waals surface area contributed by atoms with Crippen molar-refractivity contribution in [2.24, 2.45) is 4.99 Å². The van der Waals surface area contributed by atoms with Gasteiger partial charge in [-0.3, -0.25) is 0 Å². The van der Waals surface area contributed by atoms with Gasteiger partial charge in [-0.15, -0.1) is 24.0 Å². The van der Waals surface area contributed by atoms with Crippen molar-refractivity contribution in [3.8, 4) is 0 Å². The molecule has 0 aromatic heterocycles. The van der Waals surface area contributed by atoms with Crippen LogP contribution in [0.2, 0.25) is 0 Å². The van der Waals surface area contributed by atoms with E-state index in [9.17, 15) is 12.8 Å². The molecule has 0 atom stereocenters. The number of guanidine groups is 1. The summed E-state index contributed by atoms with van der Waals surface area (Å²) in [5.74, 6) is 0.260. The zero-order valence-corrected chi connectivity index (χ0v) is 20.2. The number of aliphatic imine (C=N–C) groups is 1. The van der Waals surface area contributed by atoms with Crippen LogP contribution in [0.25, 0.3) is 0 Å². The summed E-state index contributed by atoms with van der Waals surface area (Å²) < 4.78 is 45.3. The second-order valence-corrected chi connectivity index (χ2v) is 7.98. The molecule has 30 heavy (non-hydrogen) atoms. The Kier molecular flexibility index (Phi) is 11.8. The summed E-state index contributed by atoms with van der Waals surface area (Å²) >= 11 is 0. The van der Waals surface area contributed by atoms with E-state index in [1.807, 2.05) is 13.0 Å². The molecular formula is C20H28FIN4O3S. The number of halogens is 2. The summed E-state index contributed by atoms with van der Waals surface area (Å²) in [7, 11) is -2.08. The van der Waals surface area contributed by atoms with Gasteiger partial charge in [0.05, 0.1) is 18.0 Å². The Morgan fingerprint density at radius 2 is 1.83 bits per heavy atom. The fourth-order valence-corrected chi connectivity index (χ4v) is 3.60. The number of nitrogens with zero attached hydrogens (tertiary/aromatic N) is 1. The van der Waals surface area contributed by atoms with Crippen molar-refractivity contribution in [2.75, 3.05) is 26.8 Å². The first kappa shape index (κ1) is 26.3. The highest BCUT2D eigenvalue weighted by Gasteiger charge is 2.13. The molecule has 0 saturated heterocycles. The molecule has 0 aliphatic carbocycles. The Bertz CT molecular complexity index is 926. The SMILES string of the molecule is CCNC(=NCc1cccc(F)c1)NCc1cccc(S(=O)(=O)NCCOC)c1.I. The van der Waals surface area contributed by atoms with Gasteiger partial charge in [0.25, 0.3) is 0 Å².